The molecule has 3 N–H and O–H groups in total. The molecule has 2 rings (SSSR count). The maximum Gasteiger partial charge on any atom is 0.246 e. The molecule has 0 unspecified atom stereocenters. The minimum atomic E-state index is -0.362. The van der Waals surface area contributed by atoms with E-state index in [0.717, 1.165) is 5.56 Å². The number of nitrogen functional groups attached to an aromatic ring is 1. The van der Waals surface area contributed by atoms with Crippen molar-refractivity contribution < 1.29 is 9.53 Å². The standard InChI is InChI=1S/C13H16N4O2S/c1-2-19-8-10(18)15-11(9-6-4-3-5-7-9)12-16-17-13(14)20-12/h3-7,11H,2,8H2,1H3,(H2,14,17)(H,15,18)/t11-/m1/s1. The van der Waals surface area contributed by atoms with Gasteiger partial charge in [-0.1, -0.05) is 41.7 Å². The Balaban J connectivity index is 2.19. The molecule has 1 amide bonds. The summed E-state index contributed by atoms with van der Waals surface area (Å²) in [6.45, 7) is 2.36. The molecule has 106 valence electrons. The van der Waals surface area contributed by atoms with Crippen molar-refractivity contribution in [2.45, 2.75) is 13.0 Å². The second-order valence-corrected chi connectivity index (χ2v) is 5.07. The topological polar surface area (TPSA) is 90.1 Å². The smallest absolute Gasteiger partial charge is 0.246 e. The van der Waals surface area contributed by atoms with Crippen molar-refractivity contribution in [2.24, 2.45) is 0 Å². The lowest BCUT2D eigenvalue weighted by molar-refractivity contribution is -0.126. The predicted octanol–water partition coefficient (Wildman–Crippen LogP) is 1.36. The number of nitrogens with one attached hydrogen (secondary N) is 1. The third kappa shape index (κ3) is 3.75. The molecule has 20 heavy (non-hydrogen) atoms. The van der Waals surface area contributed by atoms with Crippen LogP contribution in [0.4, 0.5) is 5.13 Å². The summed E-state index contributed by atoms with van der Waals surface area (Å²) >= 11 is 1.26. The van der Waals surface area contributed by atoms with Gasteiger partial charge >= 0.3 is 0 Å². The summed E-state index contributed by atoms with van der Waals surface area (Å²) in [6.07, 6.45) is 0. The Labute approximate surface area is 121 Å². The van der Waals surface area contributed by atoms with Gasteiger partial charge < -0.3 is 15.8 Å². The summed E-state index contributed by atoms with van der Waals surface area (Å²) in [7, 11) is 0. The molecule has 1 heterocycles. The van der Waals surface area contributed by atoms with E-state index in [0.29, 0.717) is 16.7 Å². The molecule has 0 saturated carbocycles. The normalized spacial score (nSPS) is 12.1. The molecule has 0 bridgehead atoms. The van der Waals surface area contributed by atoms with Crippen LogP contribution in [0.25, 0.3) is 0 Å². The number of hydrogen-bond acceptors (Lipinski definition) is 6. The first-order valence-corrected chi connectivity index (χ1v) is 7.03. The van der Waals surface area contributed by atoms with Gasteiger partial charge in [-0.2, -0.15) is 0 Å². The molecular formula is C13H16N4O2S. The van der Waals surface area contributed by atoms with Crippen molar-refractivity contribution in [3.63, 3.8) is 0 Å². The highest BCUT2D eigenvalue weighted by molar-refractivity contribution is 7.15. The molecule has 0 aliphatic rings. The van der Waals surface area contributed by atoms with E-state index in [1.165, 1.54) is 11.3 Å². The second-order valence-electron chi connectivity index (χ2n) is 4.03. The van der Waals surface area contributed by atoms with E-state index in [2.05, 4.69) is 15.5 Å². The largest absolute Gasteiger partial charge is 0.374 e. The average Bonchev–Trinajstić information content (AvgIpc) is 2.90. The Kier molecular flexibility index (Phi) is 5.03. The highest BCUT2D eigenvalue weighted by atomic mass is 32.1. The van der Waals surface area contributed by atoms with Gasteiger partial charge in [0.1, 0.15) is 17.7 Å². The Morgan fingerprint density at radius 3 is 2.75 bits per heavy atom. The van der Waals surface area contributed by atoms with Crippen LogP contribution in [0, 0.1) is 0 Å². The lowest BCUT2D eigenvalue weighted by atomic mass is 10.1. The number of carbonyl (C=O) groups is 1. The molecular weight excluding hydrogens is 276 g/mol. The Hall–Kier alpha value is -1.99. The highest BCUT2D eigenvalue weighted by Gasteiger charge is 2.20. The molecule has 0 fully saturated rings. The van der Waals surface area contributed by atoms with E-state index in [-0.39, 0.29) is 18.6 Å². The summed E-state index contributed by atoms with van der Waals surface area (Å²) in [5.41, 5.74) is 6.54. The fraction of sp³-hybridized carbons (Fsp3) is 0.308. The van der Waals surface area contributed by atoms with E-state index in [1.54, 1.807) is 0 Å². The minimum Gasteiger partial charge on any atom is -0.374 e. The van der Waals surface area contributed by atoms with Crippen molar-refractivity contribution in [1.29, 1.82) is 0 Å². The van der Waals surface area contributed by atoms with Crippen LogP contribution in [0.3, 0.4) is 0 Å². The van der Waals surface area contributed by atoms with Crippen molar-refractivity contribution in [1.82, 2.24) is 15.5 Å². The van der Waals surface area contributed by atoms with Gasteiger partial charge in [0.25, 0.3) is 0 Å². The maximum absolute atomic E-state index is 11.9. The van der Waals surface area contributed by atoms with Gasteiger partial charge in [-0.15, -0.1) is 10.2 Å². The van der Waals surface area contributed by atoms with Crippen LogP contribution in [-0.4, -0.2) is 29.3 Å². The number of aromatic nitrogens is 2. The van der Waals surface area contributed by atoms with E-state index in [4.69, 9.17) is 10.5 Å². The van der Waals surface area contributed by atoms with Crippen LogP contribution < -0.4 is 11.1 Å². The van der Waals surface area contributed by atoms with E-state index in [9.17, 15) is 4.79 Å². The van der Waals surface area contributed by atoms with E-state index in [1.807, 2.05) is 37.3 Å². The SMILES string of the molecule is CCOCC(=O)N[C@H](c1ccccc1)c1nnc(N)s1. The highest BCUT2D eigenvalue weighted by Crippen LogP contribution is 2.25. The first-order chi connectivity index (χ1) is 9.70. The van der Waals surface area contributed by atoms with Gasteiger partial charge in [-0.3, -0.25) is 4.79 Å². The monoisotopic (exact) mass is 292 g/mol. The van der Waals surface area contributed by atoms with Gasteiger partial charge in [-0.05, 0) is 12.5 Å². The summed E-state index contributed by atoms with van der Waals surface area (Å²) < 4.78 is 5.10. The second kappa shape index (κ2) is 6.97. The number of nitrogens with zero attached hydrogens (tertiary/aromatic N) is 2. The molecule has 0 aliphatic carbocycles. The number of amides is 1. The minimum absolute atomic E-state index is 0.0219. The Morgan fingerprint density at radius 2 is 2.15 bits per heavy atom. The molecule has 7 heteroatoms. The summed E-state index contributed by atoms with van der Waals surface area (Å²) in [4.78, 5) is 11.9. The lowest BCUT2D eigenvalue weighted by Crippen LogP contribution is -2.32. The van der Waals surface area contributed by atoms with Gasteiger partial charge in [0, 0.05) is 6.61 Å². The van der Waals surface area contributed by atoms with Crippen molar-refractivity contribution >= 4 is 22.4 Å². The number of ether oxygens (including phenoxy) is 1. The van der Waals surface area contributed by atoms with Crippen LogP contribution >= 0.6 is 11.3 Å². The number of hydrogen-bond donors (Lipinski definition) is 2. The van der Waals surface area contributed by atoms with E-state index >= 15 is 0 Å². The number of anilines is 1. The van der Waals surface area contributed by atoms with Crippen molar-refractivity contribution in [2.75, 3.05) is 18.9 Å². The van der Waals surface area contributed by atoms with Crippen LogP contribution in [0.15, 0.2) is 30.3 Å². The number of benzene rings is 1. The van der Waals surface area contributed by atoms with Gasteiger partial charge in [0.15, 0.2) is 0 Å². The van der Waals surface area contributed by atoms with Crippen LogP contribution in [0.2, 0.25) is 0 Å². The molecule has 6 nitrogen and oxygen atoms in total. The fourth-order valence-corrected chi connectivity index (χ4v) is 2.38. The molecule has 0 aliphatic heterocycles. The molecule has 1 aromatic heterocycles. The predicted molar refractivity (Wildman–Crippen MR) is 77.2 cm³/mol. The third-order valence-corrected chi connectivity index (χ3v) is 3.40. The molecule has 0 saturated heterocycles. The zero-order valence-corrected chi connectivity index (χ0v) is 11.9. The summed E-state index contributed by atoms with van der Waals surface area (Å²) in [5, 5.41) is 11.7. The average molecular weight is 292 g/mol. The zero-order chi connectivity index (χ0) is 14.4. The molecule has 1 aromatic carbocycles. The molecule has 0 spiro atoms. The Bertz CT molecular complexity index is 559. The van der Waals surface area contributed by atoms with Gasteiger partial charge in [0.2, 0.25) is 11.0 Å². The van der Waals surface area contributed by atoms with Crippen LogP contribution in [0.5, 0.6) is 0 Å². The molecule has 1 atom stereocenters. The van der Waals surface area contributed by atoms with Gasteiger partial charge in [0.05, 0.1) is 0 Å². The third-order valence-electron chi connectivity index (χ3n) is 2.58. The first kappa shape index (κ1) is 14.4. The lowest BCUT2D eigenvalue weighted by Gasteiger charge is -2.16. The fourth-order valence-electron chi connectivity index (χ4n) is 1.69. The van der Waals surface area contributed by atoms with Crippen LogP contribution in [0.1, 0.15) is 23.5 Å². The maximum atomic E-state index is 11.9. The number of rotatable bonds is 6. The van der Waals surface area contributed by atoms with E-state index < -0.39 is 0 Å². The Morgan fingerprint density at radius 1 is 1.40 bits per heavy atom. The number of nitrogens with two attached hydrogens (primary N) is 1. The van der Waals surface area contributed by atoms with Crippen molar-refractivity contribution in [3.8, 4) is 0 Å². The summed E-state index contributed by atoms with van der Waals surface area (Å²) in [6, 6.07) is 9.20. The van der Waals surface area contributed by atoms with Gasteiger partial charge in [-0.25, -0.2) is 0 Å². The molecule has 2 aromatic rings. The quantitative estimate of drug-likeness (QED) is 0.839. The number of carbonyl (C=O) groups excluding carboxylic acids is 1. The van der Waals surface area contributed by atoms with Crippen molar-refractivity contribution in [3.05, 3.63) is 40.9 Å². The first-order valence-electron chi connectivity index (χ1n) is 6.21. The zero-order valence-electron chi connectivity index (χ0n) is 11.1. The molecule has 0 radical (unpaired) electrons. The van der Waals surface area contributed by atoms with Crippen LogP contribution in [-0.2, 0) is 9.53 Å². The summed E-state index contributed by atoms with van der Waals surface area (Å²) in [5.74, 6) is -0.200.